The zero-order valence-electron chi connectivity index (χ0n) is 7.01. The molecule has 2 heteroatoms. The van der Waals surface area contributed by atoms with Crippen LogP contribution in [0.25, 0.3) is 0 Å². The molecule has 1 aliphatic rings. The topological polar surface area (TPSA) is 3.24 Å². The van der Waals surface area contributed by atoms with E-state index in [0.29, 0.717) is 0 Å². The first-order chi connectivity index (χ1) is 4.34. The van der Waals surface area contributed by atoms with Crippen molar-refractivity contribution in [1.82, 2.24) is 4.90 Å². The Labute approximate surface area is 89.4 Å². The number of likely N-dealkylation sites (tertiary alicyclic amines) is 1. The van der Waals surface area contributed by atoms with Crippen LogP contribution in [-0.2, 0) is 32.7 Å². The van der Waals surface area contributed by atoms with E-state index >= 15 is 0 Å². The van der Waals surface area contributed by atoms with Crippen molar-refractivity contribution < 1.29 is 32.7 Å². The Kier molecular flexibility index (Phi) is 6.29. The number of hydrogen-bond acceptors (Lipinski definition) is 1. The molecule has 1 rings (SSSR count). The predicted octanol–water partition coefficient (Wildman–Crippen LogP) is 1.69. The second kappa shape index (κ2) is 5.68. The number of piperidine rings is 1. The van der Waals surface area contributed by atoms with Crippen molar-refractivity contribution in [3.05, 3.63) is 6.42 Å². The van der Waals surface area contributed by atoms with Crippen molar-refractivity contribution in [2.24, 2.45) is 0 Å². The molecule has 0 bridgehead atoms. The molecule has 0 aromatic carbocycles. The van der Waals surface area contributed by atoms with E-state index in [1.54, 1.807) is 0 Å². The summed E-state index contributed by atoms with van der Waals surface area (Å²) in [5.74, 6) is 0. The number of rotatable bonds is 1. The van der Waals surface area contributed by atoms with Crippen molar-refractivity contribution in [1.29, 1.82) is 0 Å². The largest absolute Gasteiger partial charge is 0.326 e. The van der Waals surface area contributed by atoms with Crippen LogP contribution in [0.3, 0.4) is 0 Å². The zero-order valence-corrected chi connectivity index (χ0v) is 9.85. The Hall–Kier alpha value is 1.06. The summed E-state index contributed by atoms with van der Waals surface area (Å²) in [5, 5.41) is 0. The minimum Gasteiger partial charge on any atom is -0.326 e. The Balaban J connectivity index is 0.000000810. The fourth-order valence-corrected chi connectivity index (χ4v) is 1.46. The molecule has 0 aliphatic carbocycles. The Bertz CT molecular complexity index is 85.3. The minimum atomic E-state index is 0. The van der Waals surface area contributed by atoms with Gasteiger partial charge in [-0.3, -0.25) is 0 Å². The smallest absolute Gasteiger partial charge is 0 e. The molecular weight excluding hydrogens is 199 g/mol. The van der Waals surface area contributed by atoms with Gasteiger partial charge in [-0.05, 0) is 19.1 Å². The molecule has 0 aromatic rings. The van der Waals surface area contributed by atoms with Crippen molar-refractivity contribution in [3.8, 4) is 0 Å². The van der Waals surface area contributed by atoms with E-state index in [4.69, 9.17) is 0 Å². The van der Waals surface area contributed by atoms with Crippen LogP contribution in [0.2, 0.25) is 0 Å². The van der Waals surface area contributed by atoms with E-state index in [0.717, 1.165) is 6.04 Å². The monoisotopic (exact) mass is 215 g/mol. The van der Waals surface area contributed by atoms with Crippen LogP contribution in [-0.4, -0.2) is 24.0 Å². The maximum atomic E-state index is 2.53. The van der Waals surface area contributed by atoms with Gasteiger partial charge in [-0.25, -0.2) is 0 Å². The third-order valence-corrected chi connectivity index (χ3v) is 2.16. The Morgan fingerprint density at radius 1 is 1.60 bits per heavy atom. The SMILES string of the molecule is CCN1CC[CH-]CC1C.[Y]. The molecular formula is C8H16NY-. The van der Waals surface area contributed by atoms with E-state index in [9.17, 15) is 0 Å². The molecule has 1 aliphatic heterocycles. The quantitative estimate of drug-likeness (QED) is 0.601. The first-order valence-corrected chi connectivity index (χ1v) is 3.90. The van der Waals surface area contributed by atoms with Gasteiger partial charge in [-0.15, -0.1) is 0 Å². The van der Waals surface area contributed by atoms with Crippen LogP contribution in [0, 0.1) is 6.42 Å². The van der Waals surface area contributed by atoms with Crippen LogP contribution >= 0.6 is 0 Å². The average molecular weight is 215 g/mol. The first kappa shape index (κ1) is 11.1. The van der Waals surface area contributed by atoms with Crippen molar-refractivity contribution in [2.45, 2.75) is 32.7 Å². The summed E-state index contributed by atoms with van der Waals surface area (Å²) in [7, 11) is 0. The molecule has 0 amide bonds. The summed E-state index contributed by atoms with van der Waals surface area (Å²) in [5.41, 5.74) is 0. The van der Waals surface area contributed by atoms with E-state index in [-0.39, 0.29) is 32.7 Å². The molecule has 10 heavy (non-hydrogen) atoms. The minimum absolute atomic E-state index is 0. The van der Waals surface area contributed by atoms with Crippen molar-refractivity contribution in [2.75, 3.05) is 13.1 Å². The fraction of sp³-hybridized carbons (Fsp3) is 0.875. The van der Waals surface area contributed by atoms with Gasteiger partial charge in [0.25, 0.3) is 0 Å². The normalized spacial score (nSPS) is 27.6. The fourth-order valence-electron chi connectivity index (χ4n) is 1.46. The standard InChI is InChI=1S/C8H16N.Y/c1-3-9-7-5-4-6-8(9)2;/h4,8H,3,5-7H2,1-2H3;/q-1;. The summed E-state index contributed by atoms with van der Waals surface area (Å²) in [4.78, 5) is 2.53. The number of hydrogen-bond donors (Lipinski definition) is 0. The average Bonchev–Trinajstić information content (AvgIpc) is 1.89. The number of nitrogens with zero attached hydrogens (tertiary/aromatic N) is 1. The van der Waals surface area contributed by atoms with Crippen molar-refractivity contribution in [3.63, 3.8) is 0 Å². The molecule has 1 radical (unpaired) electrons. The van der Waals surface area contributed by atoms with Crippen molar-refractivity contribution >= 4 is 0 Å². The van der Waals surface area contributed by atoms with Crippen LogP contribution in [0.4, 0.5) is 0 Å². The van der Waals surface area contributed by atoms with Crippen LogP contribution < -0.4 is 0 Å². The molecule has 1 heterocycles. The molecule has 1 nitrogen and oxygen atoms in total. The first-order valence-electron chi connectivity index (χ1n) is 3.90. The summed E-state index contributed by atoms with van der Waals surface area (Å²) in [6, 6.07) is 0.795. The van der Waals surface area contributed by atoms with Gasteiger partial charge in [-0.2, -0.15) is 12.8 Å². The molecule has 1 fully saturated rings. The van der Waals surface area contributed by atoms with E-state index < -0.39 is 0 Å². The van der Waals surface area contributed by atoms with Gasteiger partial charge < -0.3 is 11.3 Å². The molecule has 1 atom stereocenters. The van der Waals surface area contributed by atoms with Crippen LogP contribution in [0.1, 0.15) is 26.7 Å². The van der Waals surface area contributed by atoms with Gasteiger partial charge in [0.1, 0.15) is 0 Å². The molecule has 0 N–H and O–H groups in total. The van der Waals surface area contributed by atoms with Gasteiger partial charge in [0, 0.05) is 32.7 Å². The molecule has 1 saturated heterocycles. The van der Waals surface area contributed by atoms with E-state index in [1.807, 2.05) is 0 Å². The van der Waals surface area contributed by atoms with Gasteiger partial charge in [0.05, 0.1) is 0 Å². The molecule has 1 unspecified atom stereocenters. The summed E-state index contributed by atoms with van der Waals surface area (Å²) >= 11 is 0. The Morgan fingerprint density at radius 2 is 2.30 bits per heavy atom. The van der Waals surface area contributed by atoms with Crippen LogP contribution in [0.5, 0.6) is 0 Å². The van der Waals surface area contributed by atoms with E-state index in [2.05, 4.69) is 25.2 Å². The molecule has 0 aromatic heterocycles. The maximum absolute atomic E-state index is 2.53. The molecule has 0 spiro atoms. The van der Waals surface area contributed by atoms with Gasteiger partial charge in [-0.1, -0.05) is 13.8 Å². The third-order valence-electron chi connectivity index (χ3n) is 2.16. The Morgan fingerprint density at radius 3 is 2.70 bits per heavy atom. The van der Waals surface area contributed by atoms with E-state index in [1.165, 1.54) is 25.9 Å². The maximum Gasteiger partial charge on any atom is 0 e. The second-order valence-corrected chi connectivity index (χ2v) is 2.79. The summed E-state index contributed by atoms with van der Waals surface area (Å²) in [6.45, 7) is 7.04. The summed E-state index contributed by atoms with van der Waals surface area (Å²) in [6.07, 6.45) is 4.98. The third kappa shape index (κ3) is 2.98. The zero-order chi connectivity index (χ0) is 6.69. The second-order valence-electron chi connectivity index (χ2n) is 2.79. The predicted molar refractivity (Wildman–Crippen MR) is 40.2 cm³/mol. The summed E-state index contributed by atoms with van der Waals surface area (Å²) < 4.78 is 0. The van der Waals surface area contributed by atoms with Crippen LogP contribution in [0.15, 0.2) is 0 Å². The van der Waals surface area contributed by atoms with Gasteiger partial charge >= 0.3 is 0 Å². The molecule has 0 saturated carbocycles. The van der Waals surface area contributed by atoms with Gasteiger partial charge in [0.2, 0.25) is 0 Å². The molecule has 57 valence electrons. The van der Waals surface area contributed by atoms with Gasteiger partial charge in [0.15, 0.2) is 0 Å².